The van der Waals surface area contributed by atoms with Gasteiger partial charge >= 0.3 is 0 Å². The van der Waals surface area contributed by atoms with Crippen molar-refractivity contribution in [3.8, 4) is 5.75 Å². The van der Waals surface area contributed by atoms with Crippen molar-refractivity contribution in [3.05, 3.63) is 59.2 Å². The maximum absolute atomic E-state index is 9.99. The van der Waals surface area contributed by atoms with Crippen molar-refractivity contribution in [2.45, 2.75) is 58.5 Å². The van der Waals surface area contributed by atoms with E-state index in [1.165, 1.54) is 16.7 Å². The van der Waals surface area contributed by atoms with Crippen LogP contribution in [-0.4, -0.2) is 17.8 Å². The summed E-state index contributed by atoms with van der Waals surface area (Å²) in [5.41, 5.74) is 4.80. The molecule has 0 amide bonds. The number of benzene rings is 1. The normalized spacial score (nSPS) is 17.8. The van der Waals surface area contributed by atoms with Crippen LogP contribution in [0.15, 0.2) is 53.6 Å². The maximum atomic E-state index is 9.99. The molecule has 130 valence electrons. The molecule has 0 aliphatic carbocycles. The van der Waals surface area contributed by atoms with E-state index >= 15 is 0 Å². The number of aromatic hydroxyl groups is 1. The van der Waals surface area contributed by atoms with Gasteiger partial charge in [-0.3, -0.25) is 0 Å². The first-order valence-corrected chi connectivity index (χ1v) is 9.12. The molecule has 1 aliphatic heterocycles. The van der Waals surface area contributed by atoms with Crippen LogP contribution in [0.4, 0.5) is 0 Å². The lowest BCUT2D eigenvalue weighted by Crippen LogP contribution is -2.12. The van der Waals surface area contributed by atoms with E-state index in [1.54, 1.807) is 6.07 Å². The molecule has 0 saturated heterocycles. The molecule has 0 radical (unpaired) electrons. The highest BCUT2D eigenvalue weighted by Crippen LogP contribution is 2.30. The predicted molar refractivity (Wildman–Crippen MR) is 102 cm³/mol. The van der Waals surface area contributed by atoms with Crippen molar-refractivity contribution >= 4 is 6.08 Å². The van der Waals surface area contributed by atoms with Crippen molar-refractivity contribution in [1.29, 1.82) is 0 Å². The second-order valence-corrected chi connectivity index (χ2v) is 6.49. The first-order valence-electron chi connectivity index (χ1n) is 9.12. The Balaban J connectivity index is 2.03. The van der Waals surface area contributed by atoms with E-state index in [9.17, 15) is 5.11 Å². The van der Waals surface area contributed by atoms with Crippen molar-refractivity contribution in [2.24, 2.45) is 0 Å². The van der Waals surface area contributed by atoms with E-state index in [1.807, 2.05) is 18.2 Å². The fourth-order valence-electron chi connectivity index (χ4n) is 3.27. The second-order valence-electron chi connectivity index (χ2n) is 6.49. The van der Waals surface area contributed by atoms with E-state index in [0.717, 1.165) is 44.1 Å². The predicted octanol–water partition coefficient (Wildman–Crippen LogP) is 6.04. The summed E-state index contributed by atoms with van der Waals surface area (Å²) in [4.78, 5) is 0. The van der Waals surface area contributed by atoms with E-state index in [-0.39, 0.29) is 6.10 Å². The summed E-state index contributed by atoms with van der Waals surface area (Å²) in [5.74, 6) is 0.347. The minimum atomic E-state index is 0.175. The van der Waals surface area contributed by atoms with Crippen molar-refractivity contribution in [3.63, 3.8) is 0 Å². The van der Waals surface area contributed by atoms with Gasteiger partial charge in [0.1, 0.15) is 5.75 Å². The minimum absolute atomic E-state index is 0.175. The molecule has 0 fully saturated rings. The largest absolute Gasteiger partial charge is 0.507 e. The van der Waals surface area contributed by atoms with Crippen molar-refractivity contribution in [2.75, 3.05) is 6.61 Å². The number of phenols is 1. The fourth-order valence-corrected chi connectivity index (χ4v) is 3.27. The summed E-state index contributed by atoms with van der Waals surface area (Å²) >= 11 is 0. The van der Waals surface area contributed by atoms with Gasteiger partial charge in [-0.15, -0.1) is 0 Å². The van der Waals surface area contributed by atoms with Crippen LogP contribution in [-0.2, 0) is 4.74 Å². The van der Waals surface area contributed by atoms with Gasteiger partial charge in [0.2, 0.25) is 0 Å². The Kier molecular flexibility index (Phi) is 7.33. The first-order chi connectivity index (χ1) is 11.7. The van der Waals surface area contributed by atoms with Crippen molar-refractivity contribution < 1.29 is 9.84 Å². The third-order valence-corrected chi connectivity index (χ3v) is 4.50. The zero-order chi connectivity index (χ0) is 17.4. The average Bonchev–Trinajstić information content (AvgIpc) is 3.04. The topological polar surface area (TPSA) is 29.5 Å². The molecule has 2 nitrogen and oxygen atoms in total. The van der Waals surface area contributed by atoms with Crippen LogP contribution in [0.2, 0.25) is 0 Å². The lowest BCUT2D eigenvalue weighted by atomic mass is 9.93. The molecule has 2 heteroatoms. The third kappa shape index (κ3) is 5.10. The molecule has 2 rings (SSSR count). The molecule has 1 aromatic rings. The van der Waals surface area contributed by atoms with Gasteiger partial charge in [0.05, 0.1) is 12.7 Å². The molecule has 1 unspecified atom stereocenters. The number of rotatable bonds is 9. The number of hydrogen-bond donors (Lipinski definition) is 1. The number of hydrogen-bond acceptors (Lipinski definition) is 2. The van der Waals surface area contributed by atoms with Crippen LogP contribution in [0.5, 0.6) is 5.75 Å². The van der Waals surface area contributed by atoms with Crippen LogP contribution in [0.3, 0.4) is 0 Å². The highest BCUT2D eigenvalue weighted by atomic mass is 16.5. The van der Waals surface area contributed by atoms with Gasteiger partial charge in [-0.2, -0.15) is 0 Å². The summed E-state index contributed by atoms with van der Waals surface area (Å²) in [5, 5.41) is 9.99. The van der Waals surface area contributed by atoms with Crippen LogP contribution in [0.1, 0.15) is 57.9 Å². The number of ether oxygens (including phenoxy) is 1. The van der Waals surface area contributed by atoms with Gasteiger partial charge in [-0.25, -0.2) is 0 Å². The lowest BCUT2D eigenvalue weighted by molar-refractivity contribution is 0.116. The zero-order valence-electron chi connectivity index (χ0n) is 15.1. The molecule has 1 atom stereocenters. The van der Waals surface area contributed by atoms with Crippen molar-refractivity contribution in [1.82, 2.24) is 0 Å². The molecule has 1 N–H and O–H groups in total. The third-order valence-electron chi connectivity index (χ3n) is 4.50. The number of para-hydroxylation sites is 1. The Morgan fingerprint density at radius 2 is 1.96 bits per heavy atom. The van der Waals surface area contributed by atoms with Gasteiger partial charge in [-0.05, 0) is 42.9 Å². The molecule has 0 saturated carbocycles. The molecular weight excluding hydrogens is 296 g/mol. The standard InChI is InChI=1S/C22H30O2/c1-4-8-17(3)20-14-15-24-22(20)13-12-18(9-5-2)16-19-10-6-7-11-21(19)23/h6-7,10-11,14,16,22-23H,3-5,8-9,12-13,15H2,1-2H3/b18-16+. The molecule has 1 aromatic carbocycles. The summed E-state index contributed by atoms with van der Waals surface area (Å²) in [6.07, 6.45) is 10.8. The van der Waals surface area contributed by atoms with E-state index in [0.29, 0.717) is 12.4 Å². The fraction of sp³-hybridized carbons (Fsp3) is 0.455. The molecule has 1 heterocycles. The molecule has 1 aliphatic rings. The molecular formula is C22H30O2. The van der Waals surface area contributed by atoms with Crippen LogP contribution in [0, 0.1) is 0 Å². The summed E-state index contributed by atoms with van der Waals surface area (Å²) in [7, 11) is 0. The molecule has 24 heavy (non-hydrogen) atoms. The Bertz CT molecular complexity index is 610. The summed E-state index contributed by atoms with van der Waals surface area (Å²) < 4.78 is 5.91. The highest BCUT2D eigenvalue weighted by Gasteiger charge is 2.21. The van der Waals surface area contributed by atoms with Gasteiger partial charge in [0.25, 0.3) is 0 Å². The Morgan fingerprint density at radius 1 is 1.21 bits per heavy atom. The maximum Gasteiger partial charge on any atom is 0.122 e. The van der Waals surface area contributed by atoms with Crippen LogP contribution in [0.25, 0.3) is 6.08 Å². The monoisotopic (exact) mass is 326 g/mol. The SMILES string of the molecule is C=C(CCC)C1=CCOC1CC/C(=C/c1ccccc1O)CCC. The summed E-state index contributed by atoms with van der Waals surface area (Å²) in [6.45, 7) is 9.31. The quantitative estimate of drug-likeness (QED) is 0.599. The van der Waals surface area contributed by atoms with Gasteiger partial charge in [0.15, 0.2) is 0 Å². The Hall–Kier alpha value is -1.80. The van der Waals surface area contributed by atoms with Crippen LogP contribution >= 0.6 is 0 Å². The molecule has 0 aromatic heterocycles. The van der Waals surface area contributed by atoms with E-state index in [2.05, 4.69) is 32.6 Å². The lowest BCUT2D eigenvalue weighted by Gasteiger charge is -2.17. The molecule has 0 bridgehead atoms. The first kappa shape index (κ1) is 18.5. The van der Waals surface area contributed by atoms with E-state index in [4.69, 9.17) is 4.74 Å². The van der Waals surface area contributed by atoms with Crippen LogP contribution < -0.4 is 0 Å². The number of phenolic OH excluding ortho intramolecular Hbond substituents is 1. The average molecular weight is 326 g/mol. The van der Waals surface area contributed by atoms with Gasteiger partial charge < -0.3 is 9.84 Å². The Morgan fingerprint density at radius 3 is 2.67 bits per heavy atom. The Labute approximate surface area is 146 Å². The molecule has 0 spiro atoms. The van der Waals surface area contributed by atoms with E-state index < -0.39 is 0 Å². The highest BCUT2D eigenvalue weighted by molar-refractivity contribution is 5.59. The number of allylic oxidation sites excluding steroid dienone is 1. The van der Waals surface area contributed by atoms with Gasteiger partial charge in [0, 0.05) is 5.56 Å². The second kappa shape index (κ2) is 9.48. The summed E-state index contributed by atoms with van der Waals surface area (Å²) in [6, 6.07) is 7.52. The van der Waals surface area contributed by atoms with Gasteiger partial charge in [-0.1, -0.05) is 69.2 Å². The smallest absolute Gasteiger partial charge is 0.122 e. The zero-order valence-corrected chi connectivity index (χ0v) is 15.1. The minimum Gasteiger partial charge on any atom is -0.507 e.